The summed E-state index contributed by atoms with van der Waals surface area (Å²) in [5, 5.41) is 4.33. The molecule has 4 rings (SSSR count). The van der Waals surface area contributed by atoms with Crippen LogP contribution in [0.2, 0.25) is 0 Å². The molecule has 0 radical (unpaired) electrons. The fraction of sp³-hybridized carbons (Fsp3) is 0.350. The third-order valence-electron chi connectivity index (χ3n) is 4.71. The minimum Gasteiger partial charge on any atom is -0.383 e. The number of ether oxygens (including phenoxy) is 1. The van der Waals surface area contributed by atoms with Gasteiger partial charge < -0.3 is 15.8 Å². The van der Waals surface area contributed by atoms with E-state index in [0.29, 0.717) is 23.5 Å². The number of fused-ring (bicyclic) bond motifs is 3. The summed E-state index contributed by atoms with van der Waals surface area (Å²) in [4.78, 5) is 23.3. The van der Waals surface area contributed by atoms with E-state index in [0.717, 1.165) is 22.3 Å². The van der Waals surface area contributed by atoms with Crippen molar-refractivity contribution in [2.45, 2.75) is 38.1 Å². The lowest BCUT2D eigenvalue weighted by atomic mass is 9.96. The summed E-state index contributed by atoms with van der Waals surface area (Å²) >= 11 is 2.90. The Bertz CT molecular complexity index is 1000. The lowest BCUT2D eigenvalue weighted by Gasteiger charge is -2.26. The highest BCUT2D eigenvalue weighted by atomic mass is 32.2. The highest BCUT2D eigenvalue weighted by molar-refractivity contribution is 7.99. The molecule has 2 aromatic heterocycles. The molecule has 1 unspecified atom stereocenters. The quantitative estimate of drug-likeness (QED) is 0.482. The van der Waals surface area contributed by atoms with Gasteiger partial charge in [-0.15, -0.1) is 11.3 Å². The van der Waals surface area contributed by atoms with Crippen LogP contribution in [0.25, 0.3) is 10.2 Å². The van der Waals surface area contributed by atoms with Gasteiger partial charge in [0.2, 0.25) is 5.91 Å². The fourth-order valence-corrected chi connectivity index (χ4v) is 5.07. The zero-order valence-electron chi connectivity index (χ0n) is 15.8. The van der Waals surface area contributed by atoms with E-state index in [4.69, 9.17) is 10.5 Å². The first kappa shape index (κ1) is 19.2. The van der Waals surface area contributed by atoms with Crippen molar-refractivity contribution in [2.24, 2.45) is 5.92 Å². The average molecular weight is 415 g/mol. The van der Waals surface area contributed by atoms with Crippen LogP contribution in [0.3, 0.4) is 0 Å². The number of aromatic nitrogens is 2. The number of hydrogen-bond donors (Lipinski definition) is 2. The summed E-state index contributed by atoms with van der Waals surface area (Å²) in [7, 11) is 0. The maximum Gasteiger partial charge on any atom is 0.234 e. The molecule has 0 fully saturated rings. The lowest BCUT2D eigenvalue weighted by Crippen LogP contribution is -2.26. The van der Waals surface area contributed by atoms with Gasteiger partial charge >= 0.3 is 0 Å². The summed E-state index contributed by atoms with van der Waals surface area (Å²) in [6.45, 7) is 4.93. The van der Waals surface area contributed by atoms with Crippen molar-refractivity contribution < 1.29 is 9.53 Å². The molecule has 0 aliphatic carbocycles. The number of nitrogens with zero attached hydrogens (tertiary/aromatic N) is 2. The van der Waals surface area contributed by atoms with E-state index in [2.05, 4.69) is 29.1 Å². The van der Waals surface area contributed by atoms with Crippen molar-refractivity contribution in [1.82, 2.24) is 9.97 Å². The molecular weight excluding hydrogens is 392 g/mol. The van der Waals surface area contributed by atoms with Crippen LogP contribution in [0.15, 0.2) is 35.5 Å². The summed E-state index contributed by atoms with van der Waals surface area (Å²) in [6, 6.07) is 9.38. The maximum atomic E-state index is 12.2. The lowest BCUT2D eigenvalue weighted by molar-refractivity contribution is -0.113. The normalized spacial score (nSPS) is 16.3. The minimum atomic E-state index is -0.0999. The Morgan fingerprint density at radius 2 is 2.14 bits per heavy atom. The molecule has 146 valence electrons. The van der Waals surface area contributed by atoms with Gasteiger partial charge in [-0.3, -0.25) is 4.79 Å². The van der Waals surface area contributed by atoms with Gasteiger partial charge in [0.05, 0.1) is 23.8 Å². The van der Waals surface area contributed by atoms with Gasteiger partial charge in [0.25, 0.3) is 0 Å². The number of hydrogen-bond acceptors (Lipinski definition) is 7. The molecule has 28 heavy (non-hydrogen) atoms. The number of amides is 1. The van der Waals surface area contributed by atoms with Gasteiger partial charge in [-0.05, 0) is 23.6 Å². The summed E-state index contributed by atoms with van der Waals surface area (Å²) in [5.41, 5.74) is 8.27. The SMILES string of the molecule is CC(C)C1Cc2c(sc3nc(SCC(=O)Nc4ccccc4)nc(N)c23)CO1. The standard InChI is InChI=1S/C20H22N4O2S2/c1-11(2)14-8-13-15(9-26-14)28-19-17(13)18(21)23-20(24-19)27-10-16(25)22-12-6-4-3-5-7-12/h3-7,11,14H,8-10H2,1-2H3,(H,22,25)(H2,21,23,24). The van der Waals surface area contributed by atoms with Crippen LogP contribution in [0.1, 0.15) is 24.3 Å². The molecule has 0 spiro atoms. The number of thiophene rings is 1. The second-order valence-electron chi connectivity index (χ2n) is 7.08. The van der Waals surface area contributed by atoms with Crippen LogP contribution in [-0.2, 0) is 22.6 Å². The van der Waals surface area contributed by atoms with Gasteiger partial charge in [0.1, 0.15) is 10.6 Å². The van der Waals surface area contributed by atoms with Crippen LogP contribution >= 0.6 is 23.1 Å². The minimum absolute atomic E-state index is 0.0999. The number of carbonyl (C=O) groups is 1. The van der Waals surface area contributed by atoms with Gasteiger partial charge in [0.15, 0.2) is 5.16 Å². The molecule has 3 N–H and O–H groups in total. The number of anilines is 2. The number of thioether (sulfide) groups is 1. The summed E-state index contributed by atoms with van der Waals surface area (Å²) in [5.74, 6) is 1.06. The third kappa shape index (κ3) is 3.99. The van der Waals surface area contributed by atoms with E-state index in [9.17, 15) is 4.79 Å². The zero-order valence-corrected chi connectivity index (χ0v) is 17.4. The van der Waals surface area contributed by atoms with Crippen LogP contribution < -0.4 is 11.1 Å². The van der Waals surface area contributed by atoms with Crippen molar-refractivity contribution in [3.63, 3.8) is 0 Å². The Kier molecular flexibility index (Phi) is 5.52. The number of nitrogens with one attached hydrogen (secondary N) is 1. The molecule has 1 aliphatic rings. The molecular formula is C20H22N4O2S2. The predicted octanol–water partition coefficient (Wildman–Crippen LogP) is 4.10. The molecule has 0 saturated heterocycles. The second kappa shape index (κ2) is 8.06. The van der Waals surface area contributed by atoms with Gasteiger partial charge in [-0.1, -0.05) is 43.8 Å². The zero-order chi connectivity index (χ0) is 19.7. The van der Waals surface area contributed by atoms with Crippen LogP contribution in [0, 0.1) is 5.92 Å². The average Bonchev–Trinajstić information content (AvgIpc) is 3.05. The van der Waals surface area contributed by atoms with Crippen molar-refractivity contribution in [3.05, 3.63) is 40.8 Å². The number of para-hydroxylation sites is 1. The van der Waals surface area contributed by atoms with Crippen molar-refractivity contribution >= 4 is 50.7 Å². The van der Waals surface area contributed by atoms with Crippen LogP contribution in [-0.4, -0.2) is 27.7 Å². The third-order valence-corrected chi connectivity index (χ3v) is 6.66. The van der Waals surface area contributed by atoms with Crippen molar-refractivity contribution in [2.75, 3.05) is 16.8 Å². The molecule has 1 atom stereocenters. The Hall–Kier alpha value is -2.16. The maximum absolute atomic E-state index is 12.2. The van der Waals surface area contributed by atoms with E-state index in [1.165, 1.54) is 22.2 Å². The highest BCUT2D eigenvalue weighted by Crippen LogP contribution is 2.39. The van der Waals surface area contributed by atoms with Crippen LogP contribution in [0.4, 0.5) is 11.5 Å². The molecule has 1 aromatic carbocycles. The van der Waals surface area contributed by atoms with Crippen molar-refractivity contribution in [1.29, 1.82) is 0 Å². The number of nitrogens with two attached hydrogens (primary N) is 1. The topological polar surface area (TPSA) is 90.1 Å². The number of nitrogen functional groups attached to an aromatic ring is 1. The largest absolute Gasteiger partial charge is 0.383 e. The highest BCUT2D eigenvalue weighted by Gasteiger charge is 2.27. The fourth-order valence-electron chi connectivity index (χ4n) is 3.23. The molecule has 6 nitrogen and oxygen atoms in total. The molecule has 0 saturated carbocycles. The molecule has 1 amide bonds. The van der Waals surface area contributed by atoms with Gasteiger partial charge in [-0.2, -0.15) is 0 Å². The summed E-state index contributed by atoms with van der Waals surface area (Å²) < 4.78 is 5.96. The first-order valence-corrected chi connectivity index (χ1v) is 11.0. The smallest absolute Gasteiger partial charge is 0.234 e. The molecule has 8 heteroatoms. The molecule has 3 aromatic rings. The number of rotatable bonds is 5. The molecule has 1 aliphatic heterocycles. The van der Waals surface area contributed by atoms with E-state index in [1.54, 1.807) is 11.3 Å². The monoisotopic (exact) mass is 414 g/mol. The van der Waals surface area contributed by atoms with E-state index in [1.807, 2.05) is 30.3 Å². The predicted molar refractivity (Wildman–Crippen MR) is 115 cm³/mol. The molecule has 3 heterocycles. The molecule has 0 bridgehead atoms. The number of carbonyl (C=O) groups excluding carboxylic acids is 1. The number of benzene rings is 1. The summed E-state index contributed by atoms with van der Waals surface area (Å²) in [6.07, 6.45) is 1.03. The van der Waals surface area contributed by atoms with Gasteiger partial charge in [0, 0.05) is 17.0 Å². The first-order valence-electron chi connectivity index (χ1n) is 9.18. The van der Waals surface area contributed by atoms with Crippen LogP contribution in [0.5, 0.6) is 0 Å². The van der Waals surface area contributed by atoms with E-state index < -0.39 is 0 Å². The van der Waals surface area contributed by atoms with Crippen molar-refractivity contribution in [3.8, 4) is 0 Å². The Balaban J connectivity index is 1.50. The Labute approximate surface area is 171 Å². The van der Waals surface area contributed by atoms with E-state index >= 15 is 0 Å². The Morgan fingerprint density at radius 1 is 1.36 bits per heavy atom. The second-order valence-corrected chi connectivity index (χ2v) is 9.10. The van der Waals surface area contributed by atoms with Gasteiger partial charge in [-0.25, -0.2) is 9.97 Å². The first-order chi connectivity index (χ1) is 13.5. The Morgan fingerprint density at radius 3 is 2.89 bits per heavy atom. The van der Waals surface area contributed by atoms with E-state index in [-0.39, 0.29) is 17.8 Å².